The smallest absolute Gasteiger partial charge is 0.343 e. The largest absolute Gasteiger partial charge is 0.493 e. The summed E-state index contributed by atoms with van der Waals surface area (Å²) in [7, 11) is 0. The van der Waals surface area contributed by atoms with E-state index in [-0.39, 0.29) is 5.56 Å². The van der Waals surface area contributed by atoms with Crippen molar-refractivity contribution in [2.75, 3.05) is 13.2 Å². The van der Waals surface area contributed by atoms with Crippen LogP contribution >= 0.6 is 0 Å². The van der Waals surface area contributed by atoms with Crippen LogP contribution in [0.4, 0.5) is 0 Å². The van der Waals surface area contributed by atoms with Crippen LogP contribution in [0.25, 0.3) is 0 Å². The quantitative estimate of drug-likeness (QED) is 0.0896. The maximum Gasteiger partial charge on any atom is 0.343 e. The Bertz CT molecular complexity index is 667. The first-order valence-electron chi connectivity index (χ1n) is 17.8. The molecule has 0 spiro atoms. The van der Waals surface area contributed by atoms with Gasteiger partial charge in [-0.2, -0.15) is 0 Å². The number of rotatable bonds is 31. The molecule has 1 rings (SSSR count). The Morgan fingerprint density at radius 3 is 1.02 bits per heavy atom. The fourth-order valence-electron chi connectivity index (χ4n) is 5.57. The summed E-state index contributed by atoms with van der Waals surface area (Å²) in [5.41, 5.74) is 0.164. The molecule has 0 bridgehead atoms. The van der Waals surface area contributed by atoms with E-state index in [0.717, 1.165) is 25.7 Å². The molecule has 238 valence electrons. The fraction of sp³-hybridized carbons (Fsp3) is 0.811. The monoisotopic (exact) mass is 574 g/mol. The molecular formula is C37H66O4. The molecule has 0 fully saturated rings. The van der Waals surface area contributed by atoms with Crippen LogP contribution in [0, 0.1) is 0 Å². The van der Waals surface area contributed by atoms with Gasteiger partial charge in [-0.1, -0.05) is 174 Å². The minimum absolute atomic E-state index is 0.164. The zero-order valence-electron chi connectivity index (χ0n) is 27.2. The Labute approximate surface area is 254 Å². The average molecular weight is 575 g/mol. The minimum atomic E-state index is -0.980. The third-order valence-corrected chi connectivity index (χ3v) is 8.21. The number of carboxylic acid groups (broad SMARTS) is 1. The lowest BCUT2D eigenvalue weighted by Crippen LogP contribution is -2.08. The van der Waals surface area contributed by atoms with Crippen molar-refractivity contribution in [3.8, 4) is 11.5 Å². The Morgan fingerprint density at radius 2 is 0.756 bits per heavy atom. The van der Waals surface area contributed by atoms with Crippen LogP contribution in [0.1, 0.15) is 191 Å². The van der Waals surface area contributed by atoms with Crippen molar-refractivity contribution in [1.82, 2.24) is 0 Å². The van der Waals surface area contributed by atoms with Crippen LogP contribution in [0.3, 0.4) is 0 Å². The Hall–Kier alpha value is -1.71. The lowest BCUT2D eigenvalue weighted by atomic mass is 10.0. The SMILES string of the molecule is CCCCCCCCCCCCCCCOc1cccc(OCCCCCCCCCCCCCCC)c1C(=O)O. The van der Waals surface area contributed by atoms with Crippen molar-refractivity contribution in [2.24, 2.45) is 0 Å². The molecule has 0 aliphatic carbocycles. The first-order chi connectivity index (χ1) is 20.2. The van der Waals surface area contributed by atoms with Gasteiger partial charge in [0, 0.05) is 0 Å². The highest BCUT2D eigenvalue weighted by Crippen LogP contribution is 2.29. The van der Waals surface area contributed by atoms with E-state index < -0.39 is 5.97 Å². The van der Waals surface area contributed by atoms with Crippen LogP contribution in [-0.4, -0.2) is 24.3 Å². The van der Waals surface area contributed by atoms with E-state index in [2.05, 4.69) is 13.8 Å². The summed E-state index contributed by atoms with van der Waals surface area (Å²) in [6, 6.07) is 5.35. The highest BCUT2D eigenvalue weighted by atomic mass is 16.5. The highest BCUT2D eigenvalue weighted by Gasteiger charge is 2.18. The highest BCUT2D eigenvalue weighted by molar-refractivity contribution is 5.94. The molecule has 1 aromatic rings. The van der Waals surface area contributed by atoms with Gasteiger partial charge in [0.2, 0.25) is 0 Å². The molecule has 1 N–H and O–H groups in total. The Morgan fingerprint density at radius 1 is 0.488 bits per heavy atom. The number of ether oxygens (including phenoxy) is 2. The summed E-state index contributed by atoms with van der Waals surface area (Å²) >= 11 is 0. The molecule has 0 atom stereocenters. The zero-order valence-corrected chi connectivity index (χ0v) is 27.2. The molecule has 0 unspecified atom stereocenters. The second-order valence-electron chi connectivity index (χ2n) is 12.1. The van der Waals surface area contributed by atoms with Gasteiger partial charge in [-0.3, -0.25) is 0 Å². The van der Waals surface area contributed by atoms with E-state index in [4.69, 9.17) is 9.47 Å². The van der Waals surface area contributed by atoms with E-state index in [9.17, 15) is 9.90 Å². The summed E-state index contributed by atoms with van der Waals surface area (Å²) < 4.78 is 11.8. The van der Waals surface area contributed by atoms with E-state index >= 15 is 0 Å². The first kappa shape index (κ1) is 37.3. The summed E-state index contributed by atoms with van der Waals surface area (Å²) in [4.78, 5) is 12.0. The van der Waals surface area contributed by atoms with Crippen molar-refractivity contribution in [3.63, 3.8) is 0 Å². The van der Waals surface area contributed by atoms with Crippen molar-refractivity contribution >= 4 is 5.97 Å². The van der Waals surface area contributed by atoms with Crippen molar-refractivity contribution in [2.45, 2.75) is 181 Å². The van der Waals surface area contributed by atoms with E-state index in [1.54, 1.807) is 12.1 Å². The van der Waals surface area contributed by atoms with Gasteiger partial charge in [0.05, 0.1) is 13.2 Å². The van der Waals surface area contributed by atoms with Crippen LogP contribution < -0.4 is 9.47 Å². The van der Waals surface area contributed by atoms with Gasteiger partial charge in [-0.05, 0) is 25.0 Å². The molecule has 4 nitrogen and oxygen atoms in total. The molecule has 0 aliphatic heterocycles. The van der Waals surface area contributed by atoms with Crippen LogP contribution in [0.15, 0.2) is 18.2 Å². The summed E-state index contributed by atoms with van der Waals surface area (Å²) in [5.74, 6) is -0.120. The van der Waals surface area contributed by atoms with Crippen molar-refractivity contribution < 1.29 is 19.4 Å². The predicted molar refractivity (Wildman–Crippen MR) is 176 cm³/mol. The van der Waals surface area contributed by atoms with Gasteiger partial charge < -0.3 is 14.6 Å². The number of hydrogen-bond donors (Lipinski definition) is 1. The third kappa shape index (κ3) is 21.6. The van der Waals surface area contributed by atoms with Gasteiger partial charge in [0.25, 0.3) is 0 Å². The minimum Gasteiger partial charge on any atom is -0.493 e. The van der Waals surface area contributed by atoms with E-state index in [1.165, 1.54) is 141 Å². The van der Waals surface area contributed by atoms with Gasteiger partial charge in [-0.25, -0.2) is 4.79 Å². The molecule has 0 aromatic heterocycles. The zero-order chi connectivity index (χ0) is 29.6. The first-order valence-corrected chi connectivity index (χ1v) is 17.8. The number of benzene rings is 1. The lowest BCUT2D eigenvalue weighted by molar-refractivity contribution is 0.0687. The number of carbonyl (C=O) groups is 1. The standard InChI is InChI=1S/C37H66O4/c1-3-5-7-9-11-13-15-17-19-21-23-25-27-32-40-34-30-29-31-35(36(34)37(38)39)41-33-28-26-24-22-20-18-16-14-12-10-8-6-4-2/h29-31H,3-28,32-33H2,1-2H3,(H,38,39). The summed E-state index contributed by atoms with van der Waals surface area (Å²) in [5, 5.41) is 9.82. The second-order valence-corrected chi connectivity index (χ2v) is 12.1. The topological polar surface area (TPSA) is 55.8 Å². The molecule has 0 radical (unpaired) electrons. The Balaban J connectivity index is 2.10. The van der Waals surface area contributed by atoms with Gasteiger partial charge in [0.1, 0.15) is 17.1 Å². The second kappa shape index (κ2) is 28.4. The molecule has 0 aliphatic rings. The molecule has 0 amide bonds. The summed E-state index contributed by atoms with van der Waals surface area (Å²) in [6.07, 6.45) is 34.0. The average Bonchev–Trinajstić information content (AvgIpc) is 2.97. The maximum absolute atomic E-state index is 12.0. The van der Waals surface area contributed by atoms with E-state index in [0.29, 0.717) is 24.7 Å². The van der Waals surface area contributed by atoms with Gasteiger partial charge >= 0.3 is 5.97 Å². The molecule has 0 heterocycles. The lowest BCUT2D eigenvalue weighted by Gasteiger charge is -2.14. The predicted octanol–water partition coefficient (Wildman–Crippen LogP) is 12.3. The van der Waals surface area contributed by atoms with Crippen LogP contribution in [0.5, 0.6) is 11.5 Å². The van der Waals surface area contributed by atoms with Crippen molar-refractivity contribution in [3.05, 3.63) is 23.8 Å². The number of hydrogen-bond acceptors (Lipinski definition) is 3. The normalized spacial score (nSPS) is 11.2. The maximum atomic E-state index is 12.0. The molecule has 0 saturated carbocycles. The molecule has 1 aromatic carbocycles. The molecular weight excluding hydrogens is 508 g/mol. The van der Waals surface area contributed by atoms with Gasteiger partial charge in [0.15, 0.2) is 0 Å². The van der Waals surface area contributed by atoms with Gasteiger partial charge in [-0.15, -0.1) is 0 Å². The fourth-order valence-corrected chi connectivity index (χ4v) is 5.57. The van der Waals surface area contributed by atoms with Crippen LogP contribution in [0.2, 0.25) is 0 Å². The van der Waals surface area contributed by atoms with Crippen molar-refractivity contribution in [1.29, 1.82) is 0 Å². The number of aromatic carboxylic acids is 1. The molecule has 0 saturated heterocycles. The number of carboxylic acids is 1. The molecule has 4 heteroatoms. The molecule has 41 heavy (non-hydrogen) atoms. The number of unbranched alkanes of at least 4 members (excludes halogenated alkanes) is 24. The third-order valence-electron chi connectivity index (χ3n) is 8.21. The Kier molecular flexibility index (Phi) is 25.9. The van der Waals surface area contributed by atoms with E-state index in [1.807, 2.05) is 6.07 Å². The van der Waals surface area contributed by atoms with Crippen LogP contribution in [-0.2, 0) is 0 Å². The summed E-state index contributed by atoms with van der Waals surface area (Å²) in [6.45, 7) is 5.66.